The van der Waals surface area contributed by atoms with Crippen molar-refractivity contribution in [2.75, 3.05) is 26.2 Å². The highest BCUT2D eigenvalue weighted by atomic mass is 16.6. The second kappa shape index (κ2) is 5.22. The SMILES string of the molecule is CCOC(=O)[C@@]1(CC[N+](=O)[O-])CC2CCN1CC2. The summed E-state index contributed by atoms with van der Waals surface area (Å²) in [5.74, 6) is 0.252. The molecule has 0 aromatic heterocycles. The molecule has 3 aliphatic rings. The van der Waals surface area contributed by atoms with Gasteiger partial charge in [-0.25, -0.2) is 0 Å². The van der Waals surface area contributed by atoms with Gasteiger partial charge in [0.1, 0.15) is 5.54 Å². The minimum atomic E-state index is -0.732. The van der Waals surface area contributed by atoms with Gasteiger partial charge in [0.25, 0.3) is 0 Å². The Hall–Kier alpha value is -1.17. The lowest BCUT2D eigenvalue weighted by Gasteiger charge is -2.52. The summed E-state index contributed by atoms with van der Waals surface area (Å²) in [6, 6.07) is 0. The van der Waals surface area contributed by atoms with Gasteiger partial charge >= 0.3 is 5.97 Å². The van der Waals surface area contributed by atoms with Crippen molar-refractivity contribution in [1.29, 1.82) is 0 Å². The lowest BCUT2D eigenvalue weighted by Crippen LogP contribution is -2.63. The van der Waals surface area contributed by atoms with E-state index >= 15 is 0 Å². The fourth-order valence-electron chi connectivity index (χ4n) is 3.29. The van der Waals surface area contributed by atoms with E-state index in [1.807, 2.05) is 0 Å². The maximum absolute atomic E-state index is 12.2. The number of rotatable bonds is 5. The molecule has 3 aliphatic heterocycles. The molecule has 3 fully saturated rings. The predicted octanol–water partition coefficient (Wildman–Crippen LogP) is 1.07. The number of esters is 1. The van der Waals surface area contributed by atoms with Crippen molar-refractivity contribution in [3.8, 4) is 0 Å². The maximum Gasteiger partial charge on any atom is 0.326 e. The minimum absolute atomic E-state index is 0.165. The Labute approximate surface area is 106 Å². The van der Waals surface area contributed by atoms with E-state index in [1.165, 1.54) is 0 Å². The number of nitro groups is 1. The molecule has 0 saturated carbocycles. The number of ether oxygens (including phenoxy) is 1. The van der Waals surface area contributed by atoms with Crippen LogP contribution in [0.2, 0.25) is 0 Å². The van der Waals surface area contributed by atoms with Crippen molar-refractivity contribution in [2.45, 2.75) is 38.1 Å². The zero-order valence-corrected chi connectivity index (χ0v) is 10.8. The Balaban J connectivity index is 2.16. The largest absolute Gasteiger partial charge is 0.465 e. The molecule has 3 rings (SSSR count). The van der Waals surface area contributed by atoms with Gasteiger partial charge in [-0.2, -0.15) is 0 Å². The monoisotopic (exact) mass is 256 g/mol. The first-order valence-corrected chi connectivity index (χ1v) is 6.62. The second-order valence-electron chi connectivity index (χ2n) is 5.19. The molecule has 102 valence electrons. The first-order valence-electron chi connectivity index (χ1n) is 6.62. The van der Waals surface area contributed by atoms with E-state index in [9.17, 15) is 14.9 Å². The lowest BCUT2D eigenvalue weighted by molar-refractivity contribution is -0.482. The molecule has 0 aromatic carbocycles. The molecule has 3 saturated heterocycles. The van der Waals surface area contributed by atoms with Crippen LogP contribution >= 0.6 is 0 Å². The van der Waals surface area contributed by atoms with Crippen LogP contribution < -0.4 is 0 Å². The van der Waals surface area contributed by atoms with Crippen LogP contribution in [0.1, 0.15) is 32.6 Å². The molecular formula is C12H20N2O4. The Morgan fingerprint density at radius 3 is 2.61 bits per heavy atom. The molecule has 0 N–H and O–H groups in total. The molecule has 0 radical (unpaired) electrons. The highest BCUT2D eigenvalue weighted by Crippen LogP contribution is 2.41. The normalized spacial score (nSPS) is 34.3. The summed E-state index contributed by atoms with van der Waals surface area (Å²) in [6.45, 7) is 3.66. The molecular weight excluding hydrogens is 236 g/mol. The van der Waals surface area contributed by atoms with Gasteiger partial charge in [0.15, 0.2) is 0 Å². The van der Waals surface area contributed by atoms with E-state index in [4.69, 9.17) is 4.74 Å². The molecule has 0 unspecified atom stereocenters. The first-order chi connectivity index (χ1) is 8.58. The van der Waals surface area contributed by atoms with E-state index in [0.29, 0.717) is 12.5 Å². The van der Waals surface area contributed by atoms with Gasteiger partial charge in [0.2, 0.25) is 6.54 Å². The second-order valence-corrected chi connectivity index (χ2v) is 5.19. The fourth-order valence-corrected chi connectivity index (χ4v) is 3.29. The van der Waals surface area contributed by atoms with E-state index in [2.05, 4.69) is 4.90 Å². The number of hydrogen-bond donors (Lipinski definition) is 0. The summed E-state index contributed by atoms with van der Waals surface area (Å²) in [4.78, 5) is 24.6. The van der Waals surface area contributed by atoms with E-state index in [-0.39, 0.29) is 23.9 Å². The molecule has 0 spiro atoms. The van der Waals surface area contributed by atoms with Crippen LogP contribution in [0.25, 0.3) is 0 Å². The first kappa shape index (κ1) is 13.3. The average Bonchev–Trinajstić information content (AvgIpc) is 2.38. The number of piperidine rings is 3. The molecule has 0 aromatic rings. The number of hydrogen-bond acceptors (Lipinski definition) is 5. The van der Waals surface area contributed by atoms with Crippen LogP contribution in [0.5, 0.6) is 0 Å². The van der Waals surface area contributed by atoms with Gasteiger partial charge in [-0.1, -0.05) is 0 Å². The molecule has 0 aliphatic carbocycles. The van der Waals surface area contributed by atoms with Gasteiger partial charge in [-0.05, 0) is 45.2 Å². The van der Waals surface area contributed by atoms with Crippen molar-refractivity contribution in [3.63, 3.8) is 0 Å². The Morgan fingerprint density at radius 1 is 1.50 bits per heavy atom. The Kier molecular flexibility index (Phi) is 3.85. The van der Waals surface area contributed by atoms with Crippen LogP contribution in [0, 0.1) is 16.0 Å². The highest BCUT2D eigenvalue weighted by Gasteiger charge is 2.52. The smallest absolute Gasteiger partial charge is 0.326 e. The fraction of sp³-hybridized carbons (Fsp3) is 0.917. The lowest BCUT2D eigenvalue weighted by atomic mass is 9.73. The average molecular weight is 256 g/mol. The van der Waals surface area contributed by atoms with Crippen molar-refractivity contribution in [2.24, 2.45) is 5.92 Å². The standard InChI is InChI=1S/C12H20N2O4/c1-2-18-11(15)12(5-8-14(16)17)9-10-3-6-13(12)7-4-10/h10H,2-9H2,1H3/t12-/m1/s1. The van der Waals surface area contributed by atoms with Crippen LogP contribution in [0.3, 0.4) is 0 Å². The number of nitrogens with zero attached hydrogens (tertiary/aromatic N) is 2. The van der Waals surface area contributed by atoms with E-state index in [1.54, 1.807) is 6.92 Å². The van der Waals surface area contributed by atoms with Crippen molar-refractivity contribution >= 4 is 5.97 Å². The van der Waals surface area contributed by atoms with Crippen molar-refractivity contribution in [3.05, 3.63) is 10.1 Å². The van der Waals surface area contributed by atoms with Gasteiger partial charge in [-0.15, -0.1) is 0 Å². The summed E-state index contributed by atoms with van der Waals surface area (Å²) >= 11 is 0. The Bertz CT molecular complexity index is 339. The Morgan fingerprint density at radius 2 is 2.17 bits per heavy atom. The summed E-state index contributed by atoms with van der Waals surface area (Å²) in [5.41, 5.74) is -0.732. The zero-order valence-electron chi connectivity index (χ0n) is 10.8. The van der Waals surface area contributed by atoms with Gasteiger partial charge < -0.3 is 4.74 Å². The summed E-state index contributed by atoms with van der Waals surface area (Å²) < 4.78 is 5.17. The third-order valence-corrected chi connectivity index (χ3v) is 4.21. The summed E-state index contributed by atoms with van der Waals surface area (Å²) in [5, 5.41) is 10.6. The molecule has 1 atom stereocenters. The molecule has 2 bridgehead atoms. The highest BCUT2D eigenvalue weighted by molar-refractivity contribution is 5.81. The quantitative estimate of drug-likeness (QED) is 0.418. The molecule has 3 heterocycles. The summed E-state index contributed by atoms with van der Waals surface area (Å²) in [7, 11) is 0. The van der Waals surface area contributed by atoms with Crippen LogP contribution in [-0.2, 0) is 9.53 Å². The number of carbonyl (C=O) groups excluding carboxylic acids is 1. The third-order valence-electron chi connectivity index (χ3n) is 4.21. The topological polar surface area (TPSA) is 72.7 Å². The zero-order chi connectivity index (χ0) is 13.2. The van der Waals surface area contributed by atoms with Gasteiger partial charge in [0, 0.05) is 11.3 Å². The molecule has 6 nitrogen and oxygen atoms in total. The molecule has 0 amide bonds. The minimum Gasteiger partial charge on any atom is -0.465 e. The van der Waals surface area contributed by atoms with Crippen molar-refractivity contribution in [1.82, 2.24) is 4.90 Å². The summed E-state index contributed by atoms with van der Waals surface area (Å²) in [6.07, 6.45) is 3.19. The third kappa shape index (κ3) is 2.34. The number of fused-ring (bicyclic) bond motifs is 3. The van der Waals surface area contributed by atoms with Crippen molar-refractivity contribution < 1.29 is 14.5 Å². The van der Waals surface area contributed by atoms with E-state index < -0.39 is 5.54 Å². The molecule has 18 heavy (non-hydrogen) atoms. The maximum atomic E-state index is 12.2. The number of carbonyl (C=O) groups is 1. The van der Waals surface area contributed by atoms with Crippen LogP contribution in [0.15, 0.2) is 0 Å². The molecule has 6 heteroatoms. The predicted molar refractivity (Wildman–Crippen MR) is 64.8 cm³/mol. The van der Waals surface area contributed by atoms with Crippen LogP contribution in [0.4, 0.5) is 0 Å². The van der Waals surface area contributed by atoms with Gasteiger partial charge in [0.05, 0.1) is 6.61 Å². The van der Waals surface area contributed by atoms with Gasteiger partial charge in [-0.3, -0.25) is 19.8 Å². The van der Waals surface area contributed by atoms with E-state index in [0.717, 1.165) is 32.4 Å². The van der Waals surface area contributed by atoms with Crippen LogP contribution in [-0.4, -0.2) is 47.6 Å².